The van der Waals surface area contributed by atoms with E-state index in [1.54, 1.807) is 0 Å². The van der Waals surface area contributed by atoms with E-state index in [1.165, 1.54) is 0 Å². The SMILES string of the molecule is Cc1ccc(C(=O)N2CCC(C(=O)N3CCCC3)CC2)c(OCCCN)c1. The number of hydrogen-bond donors (Lipinski definition) is 1. The normalized spacial score (nSPS) is 18.0. The van der Waals surface area contributed by atoms with Gasteiger partial charge in [-0.15, -0.1) is 0 Å². The zero-order valence-electron chi connectivity index (χ0n) is 16.3. The first kappa shape index (κ1) is 19.7. The number of carbonyl (C=O) groups excluding carboxylic acids is 2. The van der Waals surface area contributed by atoms with Crippen molar-refractivity contribution in [2.45, 2.75) is 39.0 Å². The summed E-state index contributed by atoms with van der Waals surface area (Å²) in [6, 6.07) is 5.69. The van der Waals surface area contributed by atoms with Gasteiger partial charge in [-0.1, -0.05) is 6.07 Å². The highest BCUT2D eigenvalue weighted by atomic mass is 16.5. The van der Waals surface area contributed by atoms with E-state index in [0.717, 1.165) is 50.8 Å². The van der Waals surface area contributed by atoms with E-state index in [2.05, 4.69) is 0 Å². The van der Waals surface area contributed by atoms with Crippen LogP contribution in [0.3, 0.4) is 0 Å². The molecular weight excluding hydrogens is 342 g/mol. The van der Waals surface area contributed by atoms with Gasteiger partial charge in [0.15, 0.2) is 0 Å². The molecule has 2 aliphatic rings. The summed E-state index contributed by atoms with van der Waals surface area (Å²) >= 11 is 0. The van der Waals surface area contributed by atoms with Crippen LogP contribution in [-0.2, 0) is 4.79 Å². The third-order valence-electron chi connectivity index (χ3n) is 5.52. The molecule has 0 radical (unpaired) electrons. The van der Waals surface area contributed by atoms with Crippen molar-refractivity contribution in [2.75, 3.05) is 39.3 Å². The van der Waals surface area contributed by atoms with E-state index in [9.17, 15) is 9.59 Å². The molecule has 1 aromatic rings. The van der Waals surface area contributed by atoms with Crippen LogP contribution in [-0.4, -0.2) is 60.9 Å². The highest BCUT2D eigenvalue weighted by molar-refractivity contribution is 5.97. The molecule has 2 heterocycles. The summed E-state index contributed by atoms with van der Waals surface area (Å²) in [5.74, 6) is 0.958. The van der Waals surface area contributed by atoms with Crippen LogP contribution in [0.25, 0.3) is 0 Å². The van der Waals surface area contributed by atoms with Crippen molar-refractivity contribution >= 4 is 11.8 Å². The Morgan fingerprint density at radius 1 is 1.11 bits per heavy atom. The highest BCUT2D eigenvalue weighted by Crippen LogP contribution is 2.26. The Hall–Kier alpha value is -2.08. The topological polar surface area (TPSA) is 75.9 Å². The van der Waals surface area contributed by atoms with Gasteiger partial charge in [0.05, 0.1) is 12.2 Å². The molecule has 2 amide bonds. The number of benzene rings is 1. The fourth-order valence-corrected chi connectivity index (χ4v) is 3.89. The van der Waals surface area contributed by atoms with Gasteiger partial charge in [0.25, 0.3) is 5.91 Å². The van der Waals surface area contributed by atoms with E-state index in [1.807, 2.05) is 34.9 Å². The lowest BCUT2D eigenvalue weighted by Gasteiger charge is -2.33. The maximum absolute atomic E-state index is 13.0. The number of hydrogen-bond acceptors (Lipinski definition) is 4. The van der Waals surface area contributed by atoms with Crippen molar-refractivity contribution < 1.29 is 14.3 Å². The quantitative estimate of drug-likeness (QED) is 0.776. The molecule has 0 atom stereocenters. The number of ether oxygens (including phenoxy) is 1. The van der Waals surface area contributed by atoms with Gasteiger partial charge in [0, 0.05) is 32.1 Å². The number of carbonyl (C=O) groups is 2. The Balaban J connectivity index is 1.61. The Morgan fingerprint density at radius 2 is 1.81 bits per heavy atom. The van der Waals surface area contributed by atoms with Gasteiger partial charge in [0.2, 0.25) is 5.91 Å². The van der Waals surface area contributed by atoms with Gasteiger partial charge in [-0.2, -0.15) is 0 Å². The van der Waals surface area contributed by atoms with Gasteiger partial charge in [-0.25, -0.2) is 0 Å². The predicted molar refractivity (Wildman–Crippen MR) is 105 cm³/mol. The van der Waals surface area contributed by atoms with Gasteiger partial charge < -0.3 is 20.3 Å². The van der Waals surface area contributed by atoms with E-state index in [-0.39, 0.29) is 17.7 Å². The second kappa shape index (κ2) is 9.22. The van der Waals surface area contributed by atoms with Crippen LogP contribution >= 0.6 is 0 Å². The first-order chi connectivity index (χ1) is 13.1. The molecule has 6 heteroatoms. The number of rotatable bonds is 6. The molecule has 0 saturated carbocycles. The summed E-state index contributed by atoms with van der Waals surface area (Å²) in [7, 11) is 0. The summed E-state index contributed by atoms with van der Waals surface area (Å²) in [5.41, 5.74) is 7.19. The van der Waals surface area contributed by atoms with E-state index < -0.39 is 0 Å². The van der Waals surface area contributed by atoms with Gasteiger partial charge in [0.1, 0.15) is 5.75 Å². The second-order valence-electron chi connectivity index (χ2n) is 7.59. The van der Waals surface area contributed by atoms with Crippen molar-refractivity contribution in [3.8, 4) is 5.75 Å². The molecule has 6 nitrogen and oxygen atoms in total. The first-order valence-corrected chi connectivity index (χ1v) is 10.1. The van der Waals surface area contributed by atoms with Gasteiger partial charge >= 0.3 is 0 Å². The third kappa shape index (κ3) is 4.80. The second-order valence-corrected chi connectivity index (χ2v) is 7.59. The third-order valence-corrected chi connectivity index (χ3v) is 5.52. The molecule has 0 aliphatic carbocycles. The lowest BCUT2D eigenvalue weighted by atomic mass is 9.94. The molecule has 3 rings (SSSR count). The van der Waals surface area contributed by atoms with Crippen molar-refractivity contribution in [1.29, 1.82) is 0 Å². The van der Waals surface area contributed by atoms with Gasteiger partial charge in [-0.3, -0.25) is 9.59 Å². The van der Waals surface area contributed by atoms with Crippen LogP contribution in [0.2, 0.25) is 0 Å². The molecule has 2 aliphatic heterocycles. The minimum Gasteiger partial charge on any atom is -0.493 e. The fraction of sp³-hybridized carbons (Fsp3) is 0.619. The smallest absolute Gasteiger partial charge is 0.257 e. The van der Waals surface area contributed by atoms with Crippen molar-refractivity contribution in [3.63, 3.8) is 0 Å². The van der Waals surface area contributed by atoms with Crippen LogP contribution in [0.4, 0.5) is 0 Å². The number of nitrogens with zero attached hydrogens (tertiary/aromatic N) is 2. The lowest BCUT2D eigenvalue weighted by molar-refractivity contribution is -0.135. The van der Waals surface area contributed by atoms with Crippen LogP contribution in [0.15, 0.2) is 18.2 Å². The van der Waals surface area contributed by atoms with Crippen LogP contribution < -0.4 is 10.5 Å². The lowest BCUT2D eigenvalue weighted by Crippen LogP contribution is -2.43. The molecule has 2 saturated heterocycles. The van der Waals surface area contributed by atoms with Crippen molar-refractivity contribution in [3.05, 3.63) is 29.3 Å². The number of likely N-dealkylation sites (tertiary alicyclic amines) is 2. The molecule has 2 N–H and O–H groups in total. The van der Waals surface area contributed by atoms with E-state index in [0.29, 0.717) is 37.6 Å². The maximum atomic E-state index is 13.0. The molecule has 0 bridgehead atoms. The molecule has 0 aromatic heterocycles. The average molecular weight is 373 g/mol. The summed E-state index contributed by atoms with van der Waals surface area (Å²) in [6.07, 6.45) is 4.48. The molecule has 0 spiro atoms. The highest BCUT2D eigenvalue weighted by Gasteiger charge is 2.32. The monoisotopic (exact) mass is 373 g/mol. The molecule has 27 heavy (non-hydrogen) atoms. The standard InChI is InChI=1S/C21H31N3O3/c1-16-5-6-18(19(15-16)27-14-4-9-22)21(26)24-12-7-17(8-13-24)20(25)23-10-2-3-11-23/h5-6,15,17H,2-4,7-14,22H2,1H3. The van der Waals surface area contributed by atoms with Crippen LogP contribution in [0.5, 0.6) is 5.75 Å². The van der Waals surface area contributed by atoms with E-state index in [4.69, 9.17) is 10.5 Å². The number of nitrogens with two attached hydrogens (primary N) is 1. The number of amides is 2. The largest absolute Gasteiger partial charge is 0.493 e. The average Bonchev–Trinajstić information content (AvgIpc) is 3.22. The molecule has 2 fully saturated rings. The Kier molecular flexibility index (Phi) is 6.72. The van der Waals surface area contributed by atoms with Gasteiger partial charge in [-0.05, 0) is 63.3 Å². The van der Waals surface area contributed by atoms with Crippen molar-refractivity contribution in [2.24, 2.45) is 11.7 Å². The molecule has 1 aromatic carbocycles. The summed E-state index contributed by atoms with van der Waals surface area (Å²) in [4.78, 5) is 29.4. The minimum atomic E-state index is -0.00943. The van der Waals surface area contributed by atoms with Crippen LogP contribution in [0, 0.1) is 12.8 Å². The maximum Gasteiger partial charge on any atom is 0.257 e. The van der Waals surface area contributed by atoms with E-state index >= 15 is 0 Å². The zero-order chi connectivity index (χ0) is 19.2. The Bertz CT molecular complexity index is 663. The summed E-state index contributed by atoms with van der Waals surface area (Å²) in [5, 5.41) is 0. The fourth-order valence-electron chi connectivity index (χ4n) is 3.89. The Morgan fingerprint density at radius 3 is 2.48 bits per heavy atom. The summed E-state index contributed by atoms with van der Waals surface area (Å²) < 4.78 is 5.81. The number of aryl methyl sites for hydroxylation is 1. The zero-order valence-corrected chi connectivity index (χ0v) is 16.3. The van der Waals surface area contributed by atoms with Crippen molar-refractivity contribution in [1.82, 2.24) is 9.80 Å². The molecule has 148 valence electrons. The first-order valence-electron chi connectivity index (χ1n) is 10.1. The predicted octanol–water partition coefficient (Wildman–Crippen LogP) is 2.20. The molecular formula is C21H31N3O3. The van der Waals surface area contributed by atoms with Crippen LogP contribution in [0.1, 0.15) is 48.0 Å². The minimum absolute atomic E-state index is 0.00943. The number of piperidine rings is 1. The molecule has 0 unspecified atom stereocenters. The Labute approximate surface area is 161 Å². The summed E-state index contributed by atoms with van der Waals surface area (Å²) in [6.45, 7) is 6.09.